The molecule has 94 valence electrons. The molecule has 0 bridgehead atoms. The minimum Gasteiger partial charge on any atom is -0.389 e. The SMILES string of the molecule is CCC(C)CC(C)Nc1ncccc1C(N)=S. The first-order valence-electron chi connectivity index (χ1n) is 6.06. The average Bonchev–Trinajstić information content (AvgIpc) is 2.29. The van der Waals surface area contributed by atoms with Crippen LogP contribution in [-0.4, -0.2) is 16.0 Å². The zero-order chi connectivity index (χ0) is 12.8. The summed E-state index contributed by atoms with van der Waals surface area (Å²) in [6.45, 7) is 6.62. The van der Waals surface area contributed by atoms with Gasteiger partial charge in [-0.1, -0.05) is 32.5 Å². The molecule has 0 saturated carbocycles. The van der Waals surface area contributed by atoms with Crippen LogP contribution in [0.3, 0.4) is 0 Å². The number of pyridine rings is 1. The highest BCUT2D eigenvalue weighted by Crippen LogP contribution is 2.16. The molecule has 0 aromatic carbocycles. The van der Waals surface area contributed by atoms with Gasteiger partial charge in [-0.25, -0.2) is 4.98 Å². The lowest BCUT2D eigenvalue weighted by Crippen LogP contribution is -2.22. The number of nitrogens with zero attached hydrogens (tertiary/aromatic N) is 1. The summed E-state index contributed by atoms with van der Waals surface area (Å²) in [5, 5.41) is 3.38. The van der Waals surface area contributed by atoms with E-state index >= 15 is 0 Å². The number of anilines is 1. The van der Waals surface area contributed by atoms with Gasteiger partial charge in [-0.05, 0) is 31.4 Å². The Morgan fingerprint density at radius 2 is 2.24 bits per heavy atom. The molecule has 17 heavy (non-hydrogen) atoms. The van der Waals surface area contributed by atoms with Gasteiger partial charge in [-0.2, -0.15) is 0 Å². The van der Waals surface area contributed by atoms with Crippen molar-refractivity contribution in [2.24, 2.45) is 11.7 Å². The normalized spacial score (nSPS) is 14.1. The molecule has 1 rings (SSSR count). The largest absolute Gasteiger partial charge is 0.389 e. The van der Waals surface area contributed by atoms with Gasteiger partial charge in [0.15, 0.2) is 0 Å². The van der Waals surface area contributed by atoms with Crippen LogP contribution < -0.4 is 11.1 Å². The van der Waals surface area contributed by atoms with Gasteiger partial charge in [-0.3, -0.25) is 0 Å². The van der Waals surface area contributed by atoms with E-state index in [9.17, 15) is 0 Å². The quantitative estimate of drug-likeness (QED) is 0.763. The molecule has 1 aromatic rings. The van der Waals surface area contributed by atoms with Crippen LogP contribution in [0.1, 0.15) is 39.2 Å². The molecule has 0 aliphatic carbocycles. The Bertz CT molecular complexity index is 379. The van der Waals surface area contributed by atoms with Crippen LogP contribution in [-0.2, 0) is 0 Å². The fourth-order valence-corrected chi connectivity index (χ4v) is 1.95. The molecule has 0 aliphatic heterocycles. The Morgan fingerprint density at radius 1 is 1.53 bits per heavy atom. The van der Waals surface area contributed by atoms with Gasteiger partial charge in [0.1, 0.15) is 10.8 Å². The fourth-order valence-electron chi connectivity index (χ4n) is 1.78. The molecule has 0 aliphatic rings. The van der Waals surface area contributed by atoms with Crippen molar-refractivity contribution in [1.29, 1.82) is 0 Å². The predicted molar refractivity (Wildman–Crippen MR) is 77.3 cm³/mol. The Balaban J connectivity index is 2.71. The number of rotatable bonds is 6. The van der Waals surface area contributed by atoms with Crippen molar-refractivity contribution in [3.63, 3.8) is 0 Å². The summed E-state index contributed by atoms with van der Waals surface area (Å²) in [6.07, 6.45) is 4.06. The third-order valence-corrected chi connectivity index (χ3v) is 3.13. The zero-order valence-electron chi connectivity index (χ0n) is 10.7. The summed E-state index contributed by atoms with van der Waals surface area (Å²) in [4.78, 5) is 4.68. The van der Waals surface area contributed by atoms with Crippen LogP contribution in [0, 0.1) is 5.92 Å². The molecule has 3 N–H and O–H groups in total. The molecular weight excluding hydrogens is 230 g/mol. The van der Waals surface area contributed by atoms with E-state index in [1.807, 2.05) is 12.1 Å². The van der Waals surface area contributed by atoms with Gasteiger partial charge >= 0.3 is 0 Å². The molecule has 2 atom stereocenters. The Kier molecular flexibility index (Phi) is 5.35. The average molecular weight is 251 g/mol. The lowest BCUT2D eigenvalue weighted by Gasteiger charge is -2.19. The summed E-state index contributed by atoms with van der Waals surface area (Å²) >= 11 is 5.01. The molecular formula is C13H21N3S. The standard InChI is InChI=1S/C13H21N3S/c1-4-9(2)8-10(3)16-13-11(12(14)17)6-5-7-15-13/h5-7,9-10H,4,8H2,1-3H3,(H2,14,17)(H,15,16). The summed E-state index contributed by atoms with van der Waals surface area (Å²) in [5.74, 6) is 1.49. The molecule has 1 aromatic heterocycles. The number of aromatic nitrogens is 1. The maximum Gasteiger partial charge on any atom is 0.136 e. The van der Waals surface area contributed by atoms with Crippen LogP contribution >= 0.6 is 12.2 Å². The van der Waals surface area contributed by atoms with Crippen LogP contribution in [0.25, 0.3) is 0 Å². The second-order valence-corrected chi connectivity index (χ2v) is 5.00. The van der Waals surface area contributed by atoms with Crippen molar-refractivity contribution in [3.8, 4) is 0 Å². The summed E-state index contributed by atoms with van der Waals surface area (Å²) in [5.41, 5.74) is 6.49. The smallest absolute Gasteiger partial charge is 0.136 e. The first kappa shape index (κ1) is 13.9. The molecule has 0 amide bonds. The first-order chi connectivity index (χ1) is 8.04. The van der Waals surface area contributed by atoms with Crippen LogP contribution in [0.4, 0.5) is 5.82 Å². The maximum atomic E-state index is 5.67. The third-order valence-electron chi connectivity index (χ3n) is 2.91. The highest BCUT2D eigenvalue weighted by molar-refractivity contribution is 7.80. The van der Waals surface area contributed by atoms with Crippen LogP contribution in [0.2, 0.25) is 0 Å². The van der Waals surface area contributed by atoms with E-state index in [-0.39, 0.29) is 0 Å². The van der Waals surface area contributed by atoms with Gasteiger partial charge in [0, 0.05) is 12.2 Å². The number of nitrogens with one attached hydrogen (secondary N) is 1. The number of hydrogen-bond acceptors (Lipinski definition) is 3. The first-order valence-corrected chi connectivity index (χ1v) is 6.46. The predicted octanol–water partition coefficient (Wildman–Crippen LogP) is 2.95. The molecule has 0 radical (unpaired) electrons. The lowest BCUT2D eigenvalue weighted by atomic mass is 10.0. The molecule has 3 nitrogen and oxygen atoms in total. The molecule has 0 fully saturated rings. The van der Waals surface area contributed by atoms with E-state index in [1.54, 1.807) is 6.20 Å². The van der Waals surface area contributed by atoms with Crippen LogP contribution in [0.15, 0.2) is 18.3 Å². The topological polar surface area (TPSA) is 50.9 Å². The number of hydrogen-bond donors (Lipinski definition) is 2. The summed E-state index contributed by atoms with van der Waals surface area (Å²) in [6, 6.07) is 4.11. The minimum atomic E-state index is 0.368. The molecule has 0 spiro atoms. The van der Waals surface area contributed by atoms with E-state index in [2.05, 4.69) is 31.1 Å². The van der Waals surface area contributed by atoms with Gasteiger partial charge in [-0.15, -0.1) is 0 Å². The maximum absolute atomic E-state index is 5.67. The number of nitrogens with two attached hydrogens (primary N) is 1. The van der Waals surface area contributed by atoms with Crippen molar-refractivity contribution in [1.82, 2.24) is 4.98 Å². The van der Waals surface area contributed by atoms with Crippen molar-refractivity contribution < 1.29 is 0 Å². The van der Waals surface area contributed by atoms with E-state index in [1.165, 1.54) is 6.42 Å². The Morgan fingerprint density at radius 3 is 2.82 bits per heavy atom. The van der Waals surface area contributed by atoms with Crippen molar-refractivity contribution in [2.45, 2.75) is 39.7 Å². The van der Waals surface area contributed by atoms with Gasteiger partial charge in [0.25, 0.3) is 0 Å². The van der Waals surface area contributed by atoms with Crippen molar-refractivity contribution >= 4 is 23.0 Å². The second kappa shape index (κ2) is 6.55. The van der Waals surface area contributed by atoms with Gasteiger partial charge in [0.05, 0.1) is 5.56 Å². The zero-order valence-corrected chi connectivity index (χ0v) is 11.6. The fraction of sp³-hybridized carbons (Fsp3) is 0.538. The lowest BCUT2D eigenvalue weighted by molar-refractivity contribution is 0.483. The molecule has 2 unspecified atom stereocenters. The Hall–Kier alpha value is -1.16. The van der Waals surface area contributed by atoms with E-state index in [0.29, 0.717) is 16.9 Å². The Labute approximate surface area is 109 Å². The molecule has 4 heteroatoms. The molecule has 1 heterocycles. The molecule has 0 saturated heterocycles. The van der Waals surface area contributed by atoms with Gasteiger partial charge < -0.3 is 11.1 Å². The van der Waals surface area contributed by atoms with Crippen LogP contribution in [0.5, 0.6) is 0 Å². The second-order valence-electron chi connectivity index (χ2n) is 4.56. The van der Waals surface area contributed by atoms with Crippen molar-refractivity contribution in [3.05, 3.63) is 23.9 Å². The van der Waals surface area contributed by atoms with Gasteiger partial charge in [0.2, 0.25) is 0 Å². The van der Waals surface area contributed by atoms with E-state index in [0.717, 1.165) is 17.8 Å². The van der Waals surface area contributed by atoms with E-state index in [4.69, 9.17) is 18.0 Å². The highest BCUT2D eigenvalue weighted by Gasteiger charge is 2.11. The minimum absolute atomic E-state index is 0.368. The van der Waals surface area contributed by atoms with E-state index < -0.39 is 0 Å². The number of thiocarbonyl (C=S) groups is 1. The van der Waals surface area contributed by atoms with Crippen molar-refractivity contribution in [2.75, 3.05) is 5.32 Å². The summed E-state index contributed by atoms with van der Waals surface area (Å²) < 4.78 is 0. The monoisotopic (exact) mass is 251 g/mol. The summed E-state index contributed by atoms with van der Waals surface area (Å²) in [7, 11) is 0. The highest BCUT2D eigenvalue weighted by atomic mass is 32.1. The third kappa shape index (κ3) is 4.30.